The number of hydrogen-bond donors (Lipinski definition) is 1. The van der Waals surface area contributed by atoms with Crippen LogP contribution < -0.4 is 4.90 Å². The molecule has 0 spiro atoms. The maximum atomic E-state index is 13.3. The molecule has 1 saturated heterocycles. The van der Waals surface area contributed by atoms with E-state index in [1.165, 1.54) is 23.3 Å². The number of aliphatic hydroxyl groups excluding tert-OH is 1. The van der Waals surface area contributed by atoms with E-state index in [0.29, 0.717) is 18.0 Å². The van der Waals surface area contributed by atoms with Crippen molar-refractivity contribution in [3.63, 3.8) is 0 Å². The highest BCUT2D eigenvalue weighted by Gasteiger charge is 2.54. The van der Waals surface area contributed by atoms with Crippen LogP contribution in [0.4, 0.5) is 10.5 Å². The first kappa shape index (κ1) is 27.7. The quantitative estimate of drug-likeness (QED) is 0.395. The summed E-state index contributed by atoms with van der Waals surface area (Å²) in [5, 5.41) is 10.4. The summed E-state index contributed by atoms with van der Waals surface area (Å²) in [7, 11) is 1.35. The maximum Gasteiger partial charge on any atom is 0.411 e. The maximum absolute atomic E-state index is 13.3. The monoisotopic (exact) mass is 571 g/mol. The number of aromatic nitrogens is 1. The number of ether oxygens (including phenoxy) is 2. The summed E-state index contributed by atoms with van der Waals surface area (Å²) in [6.07, 6.45) is 3.44. The average Bonchev–Trinajstić information content (AvgIpc) is 3.48. The minimum atomic E-state index is -1.17. The van der Waals surface area contributed by atoms with Crippen LogP contribution in [0.1, 0.15) is 51.0 Å². The lowest BCUT2D eigenvalue weighted by Crippen LogP contribution is -2.52. The minimum Gasteiger partial charge on any atom is -0.467 e. The third-order valence-corrected chi connectivity index (χ3v) is 8.86. The number of thiophene rings is 1. The van der Waals surface area contributed by atoms with Gasteiger partial charge in [-0.1, -0.05) is 11.6 Å². The summed E-state index contributed by atoms with van der Waals surface area (Å²) < 4.78 is 11.9. The molecule has 0 unspecified atom stereocenters. The van der Waals surface area contributed by atoms with Gasteiger partial charge in [0.2, 0.25) is 0 Å². The molecule has 2 aliphatic rings. The van der Waals surface area contributed by atoms with Gasteiger partial charge in [0.15, 0.2) is 0 Å². The van der Waals surface area contributed by atoms with E-state index in [0.717, 1.165) is 56.9 Å². The van der Waals surface area contributed by atoms with Crippen LogP contribution >= 0.6 is 22.9 Å². The second-order valence-corrected chi connectivity index (χ2v) is 13.0. The Morgan fingerprint density at radius 1 is 1.26 bits per heavy atom. The lowest BCUT2D eigenvalue weighted by molar-refractivity contribution is -0.152. The fourth-order valence-corrected chi connectivity index (χ4v) is 7.09. The number of aliphatic hydroxyl groups is 1. The van der Waals surface area contributed by atoms with Gasteiger partial charge in [-0.05, 0) is 70.4 Å². The Morgan fingerprint density at radius 2 is 2.03 bits per heavy atom. The predicted molar refractivity (Wildman–Crippen MR) is 153 cm³/mol. The van der Waals surface area contributed by atoms with Crippen molar-refractivity contribution < 1.29 is 24.2 Å². The molecule has 1 aromatic carbocycles. The first-order chi connectivity index (χ1) is 18.4. The molecule has 1 N–H and O–H groups in total. The van der Waals surface area contributed by atoms with Crippen molar-refractivity contribution in [2.45, 2.75) is 70.7 Å². The molecule has 1 fully saturated rings. The van der Waals surface area contributed by atoms with Gasteiger partial charge in [0.25, 0.3) is 0 Å². The first-order valence-corrected chi connectivity index (χ1v) is 14.3. The summed E-state index contributed by atoms with van der Waals surface area (Å²) >= 11 is 8.17. The van der Waals surface area contributed by atoms with Crippen LogP contribution in [0.5, 0.6) is 0 Å². The number of fused-ring (bicyclic) bond motifs is 2. The Balaban J connectivity index is 1.61. The van der Waals surface area contributed by atoms with Gasteiger partial charge in [0.1, 0.15) is 11.1 Å². The van der Waals surface area contributed by atoms with Gasteiger partial charge in [0.05, 0.1) is 23.9 Å². The number of nitrogens with zero attached hydrogens (tertiary/aromatic N) is 3. The summed E-state index contributed by atoms with van der Waals surface area (Å²) in [6, 6.07) is 7.74. The van der Waals surface area contributed by atoms with Crippen LogP contribution in [0, 0.1) is 0 Å². The summed E-state index contributed by atoms with van der Waals surface area (Å²) in [4.78, 5) is 35.6. The lowest BCUT2D eigenvalue weighted by atomic mass is 9.91. The Morgan fingerprint density at radius 3 is 2.72 bits per heavy atom. The van der Waals surface area contributed by atoms with Gasteiger partial charge in [-0.2, -0.15) is 0 Å². The van der Waals surface area contributed by atoms with Crippen molar-refractivity contribution in [3.8, 4) is 11.1 Å². The number of aryl methyl sites for hydroxylation is 1. The topological polar surface area (TPSA) is 92.2 Å². The van der Waals surface area contributed by atoms with E-state index >= 15 is 0 Å². The van der Waals surface area contributed by atoms with Gasteiger partial charge < -0.3 is 19.5 Å². The van der Waals surface area contributed by atoms with E-state index in [1.807, 2.05) is 45.0 Å². The summed E-state index contributed by atoms with van der Waals surface area (Å²) in [6.45, 7) is 8.24. The highest BCUT2D eigenvalue weighted by Crippen LogP contribution is 2.46. The van der Waals surface area contributed by atoms with E-state index in [-0.39, 0.29) is 12.6 Å². The molecule has 0 bridgehead atoms. The molecule has 8 nitrogen and oxygen atoms in total. The Kier molecular flexibility index (Phi) is 7.28. The van der Waals surface area contributed by atoms with E-state index in [9.17, 15) is 14.7 Å². The first-order valence-electron chi connectivity index (χ1n) is 13.1. The lowest BCUT2D eigenvalue weighted by Gasteiger charge is -2.38. The highest BCUT2D eigenvalue weighted by atomic mass is 35.5. The van der Waals surface area contributed by atoms with Crippen LogP contribution in [0.25, 0.3) is 21.3 Å². The molecular weight excluding hydrogens is 538 g/mol. The second-order valence-electron chi connectivity index (χ2n) is 11.4. The fourth-order valence-electron chi connectivity index (χ4n) is 5.85. The van der Waals surface area contributed by atoms with Crippen LogP contribution in [-0.4, -0.2) is 64.4 Å². The molecule has 2 aromatic heterocycles. The van der Waals surface area contributed by atoms with Crippen molar-refractivity contribution in [1.29, 1.82) is 0 Å². The van der Waals surface area contributed by atoms with Gasteiger partial charge in [-0.15, -0.1) is 11.3 Å². The van der Waals surface area contributed by atoms with Crippen LogP contribution in [0.15, 0.2) is 30.5 Å². The molecule has 1 amide bonds. The van der Waals surface area contributed by atoms with Crippen molar-refractivity contribution in [2.24, 2.45) is 0 Å². The van der Waals surface area contributed by atoms with Crippen LogP contribution in [-0.2, 0) is 27.3 Å². The molecular formula is C29H34ClN3O5S. The number of carbonyl (C=O) groups excluding carboxylic acids is 2. The Hall–Kier alpha value is -2.88. The number of methoxy groups -OCH3 is 1. The van der Waals surface area contributed by atoms with E-state index in [1.54, 1.807) is 13.1 Å². The SMILES string of the molecule is COC(=O)[C@]1(C)C[C@H](N2CCCc3cc(Cl)cc(-c4ccnc5cc(CO)sc45)c32)CN1C(=O)OC(C)(C)C. The molecule has 0 saturated carbocycles. The molecule has 10 heteroatoms. The van der Waals surface area contributed by atoms with Crippen LogP contribution in [0.3, 0.4) is 0 Å². The van der Waals surface area contributed by atoms with Gasteiger partial charge in [-0.3, -0.25) is 9.88 Å². The molecule has 39 heavy (non-hydrogen) atoms. The minimum absolute atomic E-state index is 0.0467. The van der Waals surface area contributed by atoms with Crippen molar-refractivity contribution in [1.82, 2.24) is 9.88 Å². The second kappa shape index (κ2) is 10.3. The standard InChI is InChI=1S/C29H34ClN3O5S/c1-28(2,3)38-27(36)33-15-19(14-29(33,4)26(35)37-5)32-10-6-7-17-11-18(30)12-22(24(17)32)21-8-9-31-23-13-20(16-34)39-25(21)23/h8-9,11-13,19,34H,6-7,10,14-16H2,1-5H3/t19-,29-/m0/s1. The number of likely N-dealkylation sites (tertiary alicyclic amines) is 1. The number of pyridine rings is 1. The molecule has 0 radical (unpaired) electrons. The number of amides is 1. The van der Waals surface area contributed by atoms with Crippen molar-refractivity contribution >= 4 is 50.9 Å². The van der Waals surface area contributed by atoms with E-state index < -0.39 is 23.2 Å². The van der Waals surface area contributed by atoms with Crippen molar-refractivity contribution in [3.05, 3.63) is 45.9 Å². The summed E-state index contributed by atoms with van der Waals surface area (Å²) in [5.74, 6) is -0.463. The number of anilines is 1. The number of carbonyl (C=O) groups is 2. The smallest absolute Gasteiger partial charge is 0.411 e. The van der Waals surface area contributed by atoms with Gasteiger partial charge in [0, 0.05) is 58.5 Å². The zero-order valence-electron chi connectivity index (χ0n) is 22.9. The zero-order chi connectivity index (χ0) is 28.1. The van der Waals surface area contributed by atoms with E-state index in [2.05, 4.69) is 9.88 Å². The molecule has 208 valence electrons. The average molecular weight is 572 g/mol. The Bertz CT molecular complexity index is 1430. The Labute approximate surface area is 237 Å². The number of esters is 1. The molecule has 4 heterocycles. The van der Waals surface area contributed by atoms with Crippen molar-refractivity contribution in [2.75, 3.05) is 25.1 Å². The van der Waals surface area contributed by atoms with Gasteiger partial charge >= 0.3 is 12.1 Å². The number of benzene rings is 1. The normalized spacial score (nSPS) is 21.3. The number of rotatable bonds is 4. The molecule has 2 aliphatic heterocycles. The molecule has 0 aliphatic carbocycles. The third-order valence-electron chi connectivity index (χ3n) is 7.50. The molecule has 2 atom stereocenters. The fraction of sp³-hybridized carbons (Fsp3) is 0.483. The summed E-state index contributed by atoms with van der Waals surface area (Å²) in [5.41, 5.74) is 3.12. The van der Waals surface area contributed by atoms with E-state index in [4.69, 9.17) is 21.1 Å². The molecule has 3 aromatic rings. The molecule has 5 rings (SSSR count). The zero-order valence-corrected chi connectivity index (χ0v) is 24.5. The highest BCUT2D eigenvalue weighted by molar-refractivity contribution is 7.19. The largest absolute Gasteiger partial charge is 0.467 e. The number of hydrogen-bond acceptors (Lipinski definition) is 8. The predicted octanol–water partition coefficient (Wildman–Crippen LogP) is 5.80. The third kappa shape index (κ3) is 5.08. The van der Waals surface area contributed by atoms with Crippen LogP contribution in [0.2, 0.25) is 5.02 Å². The number of halogens is 1. The van der Waals surface area contributed by atoms with Gasteiger partial charge in [-0.25, -0.2) is 9.59 Å².